The molecule has 0 unspecified atom stereocenters. The van der Waals surface area contributed by atoms with E-state index in [2.05, 4.69) is 48.5 Å². The average Bonchev–Trinajstić information content (AvgIpc) is 2.72. The SMILES string of the molecule is CC1(C)C=C(c2cc(Oc3ccccc3)nc(NS(=O)(=O)c3ccccc3)n2)CC(C)(C)C1. The summed E-state index contributed by atoms with van der Waals surface area (Å²) in [6, 6.07) is 19.2. The lowest BCUT2D eigenvalue weighted by molar-refractivity contribution is 0.228. The number of benzene rings is 2. The van der Waals surface area contributed by atoms with E-state index in [-0.39, 0.29) is 27.6 Å². The third kappa shape index (κ3) is 5.79. The Morgan fingerprint density at radius 2 is 1.55 bits per heavy atom. The summed E-state index contributed by atoms with van der Waals surface area (Å²) in [4.78, 5) is 9.09. The molecule has 0 fully saturated rings. The van der Waals surface area contributed by atoms with Crippen molar-refractivity contribution in [2.24, 2.45) is 10.8 Å². The molecule has 1 N–H and O–H groups in total. The van der Waals surface area contributed by atoms with Gasteiger partial charge in [0.2, 0.25) is 11.8 Å². The van der Waals surface area contributed by atoms with Gasteiger partial charge < -0.3 is 4.74 Å². The van der Waals surface area contributed by atoms with Crippen LogP contribution in [0.25, 0.3) is 5.57 Å². The fourth-order valence-corrected chi connectivity index (χ4v) is 5.59. The lowest BCUT2D eigenvalue weighted by atomic mass is 9.66. The molecule has 0 spiro atoms. The molecule has 33 heavy (non-hydrogen) atoms. The number of ether oxygens (including phenoxy) is 1. The summed E-state index contributed by atoms with van der Waals surface area (Å²) in [5.74, 6) is 0.862. The van der Waals surface area contributed by atoms with Crippen LogP contribution in [0.2, 0.25) is 0 Å². The van der Waals surface area contributed by atoms with Gasteiger partial charge in [0.05, 0.1) is 10.6 Å². The van der Waals surface area contributed by atoms with E-state index in [0.717, 1.165) is 18.4 Å². The van der Waals surface area contributed by atoms with Crippen molar-refractivity contribution in [3.8, 4) is 11.6 Å². The van der Waals surface area contributed by atoms with Crippen LogP contribution in [0, 0.1) is 10.8 Å². The second kappa shape index (κ2) is 8.63. The highest BCUT2D eigenvalue weighted by atomic mass is 32.2. The molecule has 1 aliphatic carbocycles. The quantitative estimate of drug-likeness (QED) is 0.464. The minimum absolute atomic E-state index is 0.00775. The number of aromatic nitrogens is 2. The first-order chi connectivity index (χ1) is 15.5. The summed E-state index contributed by atoms with van der Waals surface area (Å²) >= 11 is 0. The van der Waals surface area contributed by atoms with Crippen molar-refractivity contribution in [2.75, 3.05) is 4.72 Å². The molecule has 0 saturated carbocycles. The minimum Gasteiger partial charge on any atom is -0.439 e. The lowest BCUT2D eigenvalue weighted by Crippen LogP contribution is -2.27. The van der Waals surface area contributed by atoms with Crippen molar-refractivity contribution < 1.29 is 13.2 Å². The van der Waals surface area contributed by atoms with Gasteiger partial charge in [0.15, 0.2) is 0 Å². The van der Waals surface area contributed by atoms with Crippen molar-refractivity contribution in [3.63, 3.8) is 0 Å². The van der Waals surface area contributed by atoms with Crippen LogP contribution < -0.4 is 9.46 Å². The second-order valence-electron chi connectivity index (χ2n) is 9.92. The third-order valence-electron chi connectivity index (χ3n) is 5.44. The summed E-state index contributed by atoms with van der Waals surface area (Å²) in [6.45, 7) is 8.89. The normalized spacial score (nSPS) is 17.2. The molecular formula is C26H29N3O3S. The maximum Gasteiger partial charge on any atom is 0.264 e. The van der Waals surface area contributed by atoms with Crippen LogP contribution in [-0.4, -0.2) is 18.4 Å². The molecule has 4 rings (SSSR count). The maximum atomic E-state index is 12.9. The molecule has 0 saturated heterocycles. The van der Waals surface area contributed by atoms with Crippen LogP contribution >= 0.6 is 0 Å². The van der Waals surface area contributed by atoms with Gasteiger partial charge in [-0.15, -0.1) is 0 Å². The lowest BCUT2D eigenvalue weighted by Gasteiger charge is -2.39. The average molecular weight is 464 g/mol. The van der Waals surface area contributed by atoms with Gasteiger partial charge in [-0.05, 0) is 53.5 Å². The topological polar surface area (TPSA) is 81.2 Å². The number of para-hydroxylation sites is 1. The van der Waals surface area contributed by atoms with Gasteiger partial charge in [-0.3, -0.25) is 0 Å². The fraction of sp³-hybridized carbons (Fsp3) is 0.308. The van der Waals surface area contributed by atoms with Crippen LogP contribution in [0.15, 0.2) is 77.7 Å². The zero-order valence-corrected chi connectivity index (χ0v) is 20.2. The Balaban J connectivity index is 1.77. The number of rotatable bonds is 6. The van der Waals surface area contributed by atoms with Gasteiger partial charge in [0.25, 0.3) is 10.0 Å². The second-order valence-corrected chi connectivity index (χ2v) is 11.6. The van der Waals surface area contributed by atoms with Gasteiger partial charge in [0.1, 0.15) is 5.75 Å². The zero-order chi connectivity index (χ0) is 23.7. The van der Waals surface area contributed by atoms with Crippen molar-refractivity contribution >= 4 is 21.5 Å². The maximum absolute atomic E-state index is 12.9. The Morgan fingerprint density at radius 3 is 2.18 bits per heavy atom. The molecule has 1 heterocycles. The van der Waals surface area contributed by atoms with Gasteiger partial charge >= 0.3 is 0 Å². The van der Waals surface area contributed by atoms with E-state index < -0.39 is 10.0 Å². The fourth-order valence-electron chi connectivity index (χ4n) is 4.63. The Labute approximate surface area is 195 Å². The predicted molar refractivity (Wildman–Crippen MR) is 131 cm³/mol. The van der Waals surface area contributed by atoms with Crippen LogP contribution in [0.1, 0.15) is 46.2 Å². The highest BCUT2D eigenvalue weighted by molar-refractivity contribution is 7.92. The van der Waals surface area contributed by atoms with E-state index in [9.17, 15) is 8.42 Å². The first kappa shape index (κ1) is 23.0. The number of anilines is 1. The summed E-state index contributed by atoms with van der Waals surface area (Å²) in [6.07, 6.45) is 4.10. The molecule has 0 atom stereocenters. The van der Waals surface area contributed by atoms with Crippen molar-refractivity contribution in [1.29, 1.82) is 0 Å². The first-order valence-corrected chi connectivity index (χ1v) is 12.4. The van der Waals surface area contributed by atoms with Crippen molar-refractivity contribution in [1.82, 2.24) is 9.97 Å². The van der Waals surface area contributed by atoms with E-state index in [4.69, 9.17) is 4.74 Å². The van der Waals surface area contributed by atoms with Gasteiger partial charge in [-0.25, -0.2) is 18.1 Å². The smallest absolute Gasteiger partial charge is 0.264 e. The Kier molecular flexibility index (Phi) is 6.01. The summed E-state index contributed by atoms with van der Waals surface area (Å²) < 4.78 is 34.3. The van der Waals surface area contributed by atoms with E-state index in [0.29, 0.717) is 11.4 Å². The van der Waals surface area contributed by atoms with Crippen LogP contribution in [0.4, 0.5) is 5.95 Å². The van der Waals surface area contributed by atoms with Gasteiger partial charge in [0, 0.05) is 6.07 Å². The Bertz CT molecular complexity index is 1270. The Morgan fingerprint density at radius 1 is 0.909 bits per heavy atom. The van der Waals surface area contributed by atoms with Gasteiger partial charge in [-0.1, -0.05) is 70.2 Å². The highest BCUT2D eigenvalue weighted by Crippen LogP contribution is 2.47. The summed E-state index contributed by atoms with van der Waals surface area (Å²) in [5, 5.41) is 0. The van der Waals surface area contributed by atoms with Crippen molar-refractivity contribution in [3.05, 3.63) is 78.5 Å². The molecule has 3 aromatic rings. The molecule has 0 radical (unpaired) electrons. The number of hydrogen-bond donors (Lipinski definition) is 1. The monoisotopic (exact) mass is 463 g/mol. The van der Waals surface area contributed by atoms with Crippen LogP contribution in [0.5, 0.6) is 11.6 Å². The largest absolute Gasteiger partial charge is 0.439 e. The minimum atomic E-state index is -3.85. The number of nitrogens with one attached hydrogen (secondary N) is 1. The molecule has 0 aliphatic heterocycles. The molecule has 6 nitrogen and oxygen atoms in total. The number of sulfonamides is 1. The molecule has 1 aliphatic rings. The van der Waals surface area contributed by atoms with Crippen LogP contribution in [0.3, 0.4) is 0 Å². The molecule has 7 heteroatoms. The highest BCUT2D eigenvalue weighted by Gasteiger charge is 2.34. The Hall–Kier alpha value is -3.19. The van der Waals surface area contributed by atoms with E-state index in [1.165, 1.54) is 12.1 Å². The third-order valence-corrected chi connectivity index (χ3v) is 6.79. The standard InChI is InChI=1S/C26H29N3O3S/c1-25(2)16-19(17-26(3,4)18-25)22-15-23(32-20-11-7-5-8-12-20)28-24(27-22)29-33(30,31)21-13-9-6-10-14-21/h5-16H,17-18H2,1-4H3,(H,27,28,29). The number of nitrogens with zero attached hydrogens (tertiary/aromatic N) is 2. The van der Waals surface area contributed by atoms with Crippen molar-refractivity contribution in [2.45, 2.75) is 45.4 Å². The molecule has 1 aromatic heterocycles. The molecular weight excluding hydrogens is 434 g/mol. The van der Waals surface area contributed by atoms with E-state index in [1.807, 2.05) is 30.3 Å². The molecule has 172 valence electrons. The predicted octanol–water partition coefficient (Wildman–Crippen LogP) is 6.30. The summed E-state index contributed by atoms with van der Waals surface area (Å²) in [7, 11) is -3.85. The number of allylic oxidation sites excluding steroid dienone is 2. The first-order valence-electron chi connectivity index (χ1n) is 10.9. The molecule has 0 amide bonds. The number of hydrogen-bond acceptors (Lipinski definition) is 5. The van der Waals surface area contributed by atoms with Gasteiger partial charge in [-0.2, -0.15) is 4.98 Å². The molecule has 2 aromatic carbocycles. The van der Waals surface area contributed by atoms with Crippen LogP contribution in [-0.2, 0) is 10.0 Å². The zero-order valence-electron chi connectivity index (χ0n) is 19.4. The molecule has 0 bridgehead atoms. The summed E-state index contributed by atoms with van der Waals surface area (Å²) in [5.41, 5.74) is 1.79. The van der Waals surface area contributed by atoms with E-state index in [1.54, 1.807) is 24.3 Å². The van der Waals surface area contributed by atoms with E-state index >= 15 is 0 Å².